The minimum Gasteiger partial charge on any atom is -0.458 e. The molecule has 1 atom stereocenters. The standard InChI is InChI=1S/C14H14BrClN4O/c1-9-5-18-14(19-6-9)21-11-2-3-20(8-11)13-12(15)4-10(16)7-17-13/h4-7,11H,2-3,8H2,1H3. The maximum absolute atomic E-state index is 5.92. The zero-order valence-corrected chi connectivity index (χ0v) is 13.8. The van der Waals surface area contributed by atoms with Crippen molar-refractivity contribution < 1.29 is 4.74 Å². The highest BCUT2D eigenvalue weighted by molar-refractivity contribution is 9.10. The monoisotopic (exact) mass is 368 g/mol. The van der Waals surface area contributed by atoms with Crippen molar-refractivity contribution in [2.75, 3.05) is 18.0 Å². The van der Waals surface area contributed by atoms with Gasteiger partial charge in [0.05, 0.1) is 16.0 Å². The fraction of sp³-hybridized carbons (Fsp3) is 0.357. The summed E-state index contributed by atoms with van der Waals surface area (Å²) in [6.45, 7) is 3.58. The zero-order valence-electron chi connectivity index (χ0n) is 11.5. The number of pyridine rings is 1. The van der Waals surface area contributed by atoms with Gasteiger partial charge in [0.2, 0.25) is 0 Å². The van der Waals surface area contributed by atoms with Gasteiger partial charge in [0.1, 0.15) is 11.9 Å². The van der Waals surface area contributed by atoms with E-state index in [9.17, 15) is 0 Å². The maximum atomic E-state index is 5.92. The first-order valence-corrected chi connectivity index (χ1v) is 7.80. The fourth-order valence-electron chi connectivity index (χ4n) is 2.25. The summed E-state index contributed by atoms with van der Waals surface area (Å²) >= 11 is 9.42. The number of aromatic nitrogens is 3. The first-order valence-electron chi connectivity index (χ1n) is 6.63. The minimum absolute atomic E-state index is 0.0667. The Morgan fingerprint density at radius 3 is 2.76 bits per heavy atom. The third-order valence-corrected chi connectivity index (χ3v) is 4.05. The SMILES string of the molecule is Cc1cnc(OC2CCN(c3ncc(Cl)cc3Br)C2)nc1. The van der Waals surface area contributed by atoms with Crippen LogP contribution >= 0.6 is 27.5 Å². The molecule has 1 aliphatic heterocycles. The molecule has 0 bridgehead atoms. The van der Waals surface area contributed by atoms with Crippen molar-refractivity contribution in [3.05, 3.63) is 39.7 Å². The molecule has 7 heteroatoms. The Kier molecular flexibility index (Phi) is 4.26. The number of halogens is 2. The summed E-state index contributed by atoms with van der Waals surface area (Å²) in [6, 6.07) is 2.27. The summed E-state index contributed by atoms with van der Waals surface area (Å²) in [5.74, 6) is 0.885. The van der Waals surface area contributed by atoms with E-state index in [4.69, 9.17) is 16.3 Å². The second kappa shape index (κ2) is 6.15. The lowest BCUT2D eigenvalue weighted by molar-refractivity contribution is 0.206. The number of hydrogen-bond donors (Lipinski definition) is 0. The summed E-state index contributed by atoms with van der Waals surface area (Å²) in [6.07, 6.45) is 6.14. The lowest BCUT2D eigenvalue weighted by Gasteiger charge is -2.18. The Bertz CT molecular complexity index is 637. The van der Waals surface area contributed by atoms with Crippen LogP contribution in [0.25, 0.3) is 0 Å². The predicted octanol–water partition coefficient (Wildman–Crippen LogP) is 3.25. The molecule has 0 amide bonds. The van der Waals surface area contributed by atoms with Crippen molar-refractivity contribution in [2.45, 2.75) is 19.4 Å². The third-order valence-electron chi connectivity index (χ3n) is 3.26. The average molecular weight is 370 g/mol. The molecule has 5 nitrogen and oxygen atoms in total. The van der Waals surface area contributed by atoms with Crippen LogP contribution in [0.3, 0.4) is 0 Å². The lowest BCUT2D eigenvalue weighted by Crippen LogP contribution is -2.26. The summed E-state index contributed by atoms with van der Waals surface area (Å²) in [5, 5.41) is 0.616. The van der Waals surface area contributed by atoms with E-state index in [1.54, 1.807) is 18.6 Å². The van der Waals surface area contributed by atoms with E-state index in [-0.39, 0.29) is 6.10 Å². The number of hydrogen-bond acceptors (Lipinski definition) is 5. The van der Waals surface area contributed by atoms with Gasteiger partial charge in [-0.05, 0) is 34.5 Å². The van der Waals surface area contributed by atoms with Crippen LogP contribution in [0, 0.1) is 6.92 Å². The van der Waals surface area contributed by atoms with Crippen molar-refractivity contribution in [2.24, 2.45) is 0 Å². The minimum atomic E-state index is 0.0667. The Labute approximate surface area is 136 Å². The van der Waals surface area contributed by atoms with E-state index < -0.39 is 0 Å². The first-order chi connectivity index (χ1) is 10.1. The Hall–Kier alpha value is -1.40. The maximum Gasteiger partial charge on any atom is 0.316 e. The molecule has 0 aliphatic carbocycles. The van der Waals surface area contributed by atoms with Crippen molar-refractivity contribution in [1.82, 2.24) is 15.0 Å². The Balaban J connectivity index is 1.66. The molecule has 2 aromatic heterocycles. The average Bonchev–Trinajstić information content (AvgIpc) is 2.90. The van der Waals surface area contributed by atoms with Gasteiger partial charge >= 0.3 is 6.01 Å². The molecule has 0 radical (unpaired) electrons. The molecule has 1 saturated heterocycles. The molecule has 3 rings (SSSR count). The molecular formula is C14H14BrClN4O. The van der Waals surface area contributed by atoms with Gasteiger partial charge in [-0.1, -0.05) is 11.6 Å². The molecule has 3 heterocycles. The van der Waals surface area contributed by atoms with Crippen LogP contribution in [0.5, 0.6) is 6.01 Å². The molecule has 1 fully saturated rings. The van der Waals surface area contributed by atoms with Crippen molar-refractivity contribution in [3.8, 4) is 6.01 Å². The Morgan fingerprint density at radius 1 is 1.29 bits per heavy atom. The number of aryl methyl sites for hydroxylation is 1. The van der Waals surface area contributed by atoms with Crippen molar-refractivity contribution in [3.63, 3.8) is 0 Å². The van der Waals surface area contributed by atoms with Gasteiger partial charge in [0.15, 0.2) is 0 Å². The van der Waals surface area contributed by atoms with Gasteiger partial charge in [-0.2, -0.15) is 0 Å². The molecule has 0 saturated carbocycles. The molecular weight excluding hydrogens is 356 g/mol. The van der Waals surface area contributed by atoms with Crippen LogP contribution in [-0.4, -0.2) is 34.1 Å². The molecule has 110 valence electrons. The van der Waals surface area contributed by atoms with E-state index in [1.807, 2.05) is 13.0 Å². The van der Waals surface area contributed by atoms with Crippen LogP contribution < -0.4 is 9.64 Å². The van der Waals surface area contributed by atoms with E-state index in [0.717, 1.165) is 35.4 Å². The number of anilines is 1. The van der Waals surface area contributed by atoms with Gasteiger partial charge in [-0.3, -0.25) is 0 Å². The van der Waals surface area contributed by atoms with E-state index >= 15 is 0 Å². The largest absolute Gasteiger partial charge is 0.458 e. The second-order valence-corrected chi connectivity index (χ2v) is 6.27. The van der Waals surface area contributed by atoms with Crippen molar-refractivity contribution in [1.29, 1.82) is 0 Å². The van der Waals surface area contributed by atoms with E-state index in [1.165, 1.54) is 0 Å². The molecule has 1 aliphatic rings. The highest BCUT2D eigenvalue weighted by atomic mass is 79.9. The third kappa shape index (κ3) is 3.44. The van der Waals surface area contributed by atoms with Gasteiger partial charge in [-0.25, -0.2) is 15.0 Å². The van der Waals surface area contributed by atoms with Crippen LogP contribution in [0.1, 0.15) is 12.0 Å². The van der Waals surface area contributed by atoms with Gasteiger partial charge in [0, 0.05) is 31.6 Å². The molecule has 2 aromatic rings. The lowest BCUT2D eigenvalue weighted by atomic mass is 10.3. The van der Waals surface area contributed by atoms with Gasteiger partial charge in [-0.15, -0.1) is 0 Å². The normalized spacial score (nSPS) is 18.0. The molecule has 0 N–H and O–H groups in total. The smallest absolute Gasteiger partial charge is 0.316 e. The van der Waals surface area contributed by atoms with Crippen LogP contribution in [0.4, 0.5) is 5.82 Å². The van der Waals surface area contributed by atoms with Crippen LogP contribution in [0.15, 0.2) is 29.1 Å². The topological polar surface area (TPSA) is 51.1 Å². The van der Waals surface area contributed by atoms with Crippen LogP contribution in [0.2, 0.25) is 5.02 Å². The second-order valence-electron chi connectivity index (χ2n) is 4.98. The Morgan fingerprint density at radius 2 is 2.05 bits per heavy atom. The predicted molar refractivity (Wildman–Crippen MR) is 85.0 cm³/mol. The highest BCUT2D eigenvalue weighted by Gasteiger charge is 2.27. The summed E-state index contributed by atoms with van der Waals surface area (Å²) < 4.78 is 6.70. The molecule has 21 heavy (non-hydrogen) atoms. The van der Waals surface area contributed by atoms with Crippen molar-refractivity contribution >= 4 is 33.3 Å². The van der Waals surface area contributed by atoms with Gasteiger partial charge < -0.3 is 9.64 Å². The zero-order chi connectivity index (χ0) is 14.8. The molecule has 1 unspecified atom stereocenters. The molecule has 0 spiro atoms. The van der Waals surface area contributed by atoms with E-state index in [2.05, 4.69) is 35.8 Å². The van der Waals surface area contributed by atoms with E-state index in [0.29, 0.717) is 11.0 Å². The summed E-state index contributed by atoms with van der Waals surface area (Å²) in [7, 11) is 0. The number of nitrogens with zero attached hydrogens (tertiary/aromatic N) is 4. The highest BCUT2D eigenvalue weighted by Crippen LogP contribution is 2.29. The fourth-order valence-corrected chi connectivity index (χ4v) is 3.14. The van der Waals surface area contributed by atoms with Crippen LogP contribution in [-0.2, 0) is 0 Å². The summed E-state index contributed by atoms with van der Waals surface area (Å²) in [5.41, 5.74) is 1.02. The number of rotatable bonds is 3. The molecule has 0 aromatic carbocycles. The number of ether oxygens (including phenoxy) is 1. The van der Waals surface area contributed by atoms with Gasteiger partial charge in [0.25, 0.3) is 0 Å². The summed E-state index contributed by atoms with van der Waals surface area (Å²) in [4.78, 5) is 14.9. The quantitative estimate of drug-likeness (QED) is 0.831. The first kappa shape index (κ1) is 14.5.